The number of rotatable bonds is 8. The number of hydrogen-bond acceptors (Lipinski definition) is 7. The third-order valence-corrected chi connectivity index (χ3v) is 6.36. The molecule has 1 aliphatic carbocycles. The largest absolute Gasteiger partial charge is 0.480 e. The molecule has 1 aliphatic rings. The summed E-state index contributed by atoms with van der Waals surface area (Å²) in [6.45, 7) is 2.61. The molecule has 1 unspecified atom stereocenters. The molecule has 1 aromatic heterocycles. The molecule has 1 fully saturated rings. The Labute approximate surface area is 125 Å². The third-order valence-electron chi connectivity index (χ3n) is 3.13. The lowest BCUT2D eigenvalue weighted by molar-refractivity contribution is -0.144. The first-order chi connectivity index (χ1) is 9.12. The van der Waals surface area contributed by atoms with E-state index in [0.717, 1.165) is 21.5 Å². The Kier molecular flexibility index (Phi) is 5.10. The zero-order valence-corrected chi connectivity index (χ0v) is 13.3. The first-order valence-corrected chi connectivity index (χ1v) is 9.13. The zero-order chi connectivity index (χ0) is 13.9. The van der Waals surface area contributed by atoms with E-state index >= 15 is 0 Å². The highest BCUT2D eigenvalue weighted by atomic mass is 32.2. The Balaban J connectivity index is 2.05. The van der Waals surface area contributed by atoms with Crippen molar-refractivity contribution in [2.45, 2.75) is 34.0 Å². The SMILES string of the molecule is CCNC(CSc1nnc(SC)s1)(C(=O)O)C1CC1. The molecule has 8 heteroatoms. The van der Waals surface area contributed by atoms with Crippen LogP contribution in [0.5, 0.6) is 0 Å². The maximum atomic E-state index is 11.7. The molecule has 1 heterocycles. The molecule has 106 valence electrons. The second-order valence-electron chi connectivity index (χ2n) is 4.41. The van der Waals surface area contributed by atoms with Crippen molar-refractivity contribution in [2.75, 3.05) is 18.6 Å². The highest BCUT2D eigenvalue weighted by Gasteiger charge is 2.50. The van der Waals surface area contributed by atoms with Gasteiger partial charge in [-0.1, -0.05) is 41.8 Å². The van der Waals surface area contributed by atoms with Gasteiger partial charge in [-0.15, -0.1) is 10.2 Å². The van der Waals surface area contributed by atoms with Crippen molar-refractivity contribution in [3.8, 4) is 0 Å². The average Bonchev–Trinajstić information content (AvgIpc) is 3.14. The van der Waals surface area contributed by atoms with Crippen molar-refractivity contribution >= 4 is 40.8 Å². The van der Waals surface area contributed by atoms with Crippen LogP contribution in [0.15, 0.2) is 8.68 Å². The van der Waals surface area contributed by atoms with Crippen molar-refractivity contribution in [1.29, 1.82) is 0 Å². The van der Waals surface area contributed by atoms with E-state index in [1.54, 1.807) is 11.8 Å². The Bertz CT molecular complexity index is 450. The summed E-state index contributed by atoms with van der Waals surface area (Å²) in [6, 6.07) is 0. The van der Waals surface area contributed by atoms with Crippen LogP contribution in [0.2, 0.25) is 0 Å². The molecule has 0 amide bonds. The minimum atomic E-state index is -0.815. The summed E-state index contributed by atoms with van der Waals surface area (Å²) in [5.41, 5.74) is -0.815. The van der Waals surface area contributed by atoms with E-state index in [9.17, 15) is 9.90 Å². The van der Waals surface area contributed by atoms with E-state index in [2.05, 4.69) is 15.5 Å². The number of hydrogen-bond donors (Lipinski definition) is 2. The minimum Gasteiger partial charge on any atom is -0.480 e. The van der Waals surface area contributed by atoms with E-state index in [0.29, 0.717) is 12.3 Å². The fraction of sp³-hybridized carbons (Fsp3) is 0.727. The van der Waals surface area contributed by atoms with Crippen molar-refractivity contribution < 1.29 is 9.90 Å². The number of likely N-dealkylation sites (N-methyl/N-ethyl adjacent to an activating group) is 1. The zero-order valence-electron chi connectivity index (χ0n) is 10.9. The quantitative estimate of drug-likeness (QED) is 0.711. The van der Waals surface area contributed by atoms with Crippen LogP contribution >= 0.6 is 34.9 Å². The van der Waals surface area contributed by atoms with Gasteiger partial charge in [-0.2, -0.15) is 0 Å². The molecule has 0 aromatic carbocycles. The summed E-state index contributed by atoms with van der Waals surface area (Å²) in [7, 11) is 0. The molecule has 1 saturated carbocycles. The lowest BCUT2D eigenvalue weighted by atomic mass is 9.96. The van der Waals surface area contributed by atoms with Gasteiger partial charge in [0.05, 0.1) is 0 Å². The van der Waals surface area contributed by atoms with Gasteiger partial charge in [0.15, 0.2) is 8.68 Å². The van der Waals surface area contributed by atoms with Crippen LogP contribution < -0.4 is 5.32 Å². The topological polar surface area (TPSA) is 75.1 Å². The first kappa shape index (κ1) is 15.1. The number of thioether (sulfide) groups is 2. The van der Waals surface area contributed by atoms with E-state index in [1.165, 1.54) is 23.1 Å². The number of carboxylic acids is 1. The van der Waals surface area contributed by atoms with Crippen molar-refractivity contribution in [3.63, 3.8) is 0 Å². The van der Waals surface area contributed by atoms with Gasteiger partial charge in [-0.05, 0) is 31.6 Å². The summed E-state index contributed by atoms with van der Waals surface area (Å²) in [4.78, 5) is 11.7. The molecule has 0 saturated heterocycles. The molecule has 0 spiro atoms. The predicted molar refractivity (Wildman–Crippen MR) is 79.2 cm³/mol. The lowest BCUT2D eigenvalue weighted by Crippen LogP contribution is -2.56. The number of nitrogens with one attached hydrogen (secondary N) is 1. The molecule has 0 bridgehead atoms. The number of carboxylic acid groups (broad SMARTS) is 1. The highest BCUT2D eigenvalue weighted by molar-refractivity contribution is 8.03. The van der Waals surface area contributed by atoms with Crippen LogP contribution in [0, 0.1) is 5.92 Å². The highest BCUT2D eigenvalue weighted by Crippen LogP contribution is 2.43. The van der Waals surface area contributed by atoms with E-state index < -0.39 is 11.5 Å². The molecular formula is C11H17N3O2S3. The van der Waals surface area contributed by atoms with Crippen LogP contribution in [-0.2, 0) is 4.79 Å². The van der Waals surface area contributed by atoms with Gasteiger partial charge >= 0.3 is 5.97 Å². The average molecular weight is 319 g/mol. The number of nitrogens with zero attached hydrogens (tertiary/aromatic N) is 2. The second-order valence-corrected chi connectivity index (χ2v) is 7.66. The van der Waals surface area contributed by atoms with Gasteiger partial charge in [-0.3, -0.25) is 4.79 Å². The van der Waals surface area contributed by atoms with Gasteiger partial charge in [0.2, 0.25) is 0 Å². The fourth-order valence-electron chi connectivity index (χ4n) is 2.03. The molecule has 2 rings (SSSR count). The van der Waals surface area contributed by atoms with Gasteiger partial charge < -0.3 is 10.4 Å². The van der Waals surface area contributed by atoms with Gasteiger partial charge in [0, 0.05) is 5.75 Å². The number of carbonyl (C=O) groups is 1. The summed E-state index contributed by atoms with van der Waals surface area (Å²) in [6.07, 6.45) is 3.94. The van der Waals surface area contributed by atoms with E-state index in [4.69, 9.17) is 0 Å². The first-order valence-electron chi connectivity index (χ1n) is 6.11. The molecule has 1 aromatic rings. The van der Waals surface area contributed by atoms with Crippen LogP contribution in [0.4, 0.5) is 0 Å². The van der Waals surface area contributed by atoms with Crippen LogP contribution in [-0.4, -0.2) is 45.4 Å². The van der Waals surface area contributed by atoms with Crippen LogP contribution in [0.1, 0.15) is 19.8 Å². The Morgan fingerprint density at radius 3 is 2.68 bits per heavy atom. The maximum absolute atomic E-state index is 11.7. The molecular weight excluding hydrogens is 302 g/mol. The van der Waals surface area contributed by atoms with Gasteiger partial charge in [0.1, 0.15) is 5.54 Å². The van der Waals surface area contributed by atoms with Crippen molar-refractivity contribution in [1.82, 2.24) is 15.5 Å². The Morgan fingerprint density at radius 1 is 1.53 bits per heavy atom. The molecule has 5 nitrogen and oxygen atoms in total. The third kappa shape index (κ3) is 3.42. The summed E-state index contributed by atoms with van der Waals surface area (Å²) >= 11 is 4.56. The summed E-state index contributed by atoms with van der Waals surface area (Å²) in [5.74, 6) is -0.00604. The van der Waals surface area contributed by atoms with E-state index in [-0.39, 0.29) is 5.92 Å². The summed E-state index contributed by atoms with van der Waals surface area (Å²) < 4.78 is 1.76. The number of aromatic nitrogens is 2. The normalized spacial score (nSPS) is 18.2. The predicted octanol–water partition coefficient (Wildman–Crippen LogP) is 2.20. The summed E-state index contributed by atoms with van der Waals surface area (Å²) in [5, 5.41) is 20.9. The molecule has 0 radical (unpaired) electrons. The van der Waals surface area contributed by atoms with Crippen molar-refractivity contribution in [3.05, 3.63) is 0 Å². The van der Waals surface area contributed by atoms with Crippen LogP contribution in [0.3, 0.4) is 0 Å². The molecule has 1 atom stereocenters. The molecule has 2 N–H and O–H groups in total. The minimum absolute atomic E-state index is 0.241. The van der Waals surface area contributed by atoms with Gasteiger partial charge in [-0.25, -0.2) is 0 Å². The second kappa shape index (κ2) is 6.43. The van der Waals surface area contributed by atoms with Gasteiger partial charge in [0.25, 0.3) is 0 Å². The smallest absolute Gasteiger partial charge is 0.325 e. The standard InChI is InChI=1S/C11H17N3O2S3/c1-3-12-11(8(15)16,7-4-5-7)6-18-10-14-13-9(17-2)19-10/h7,12H,3-6H2,1-2H3,(H,15,16). The fourth-order valence-corrected chi connectivity index (χ4v) is 4.75. The molecule has 0 aliphatic heterocycles. The van der Waals surface area contributed by atoms with Crippen LogP contribution in [0.25, 0.3) is 0 Å². The van der Waals surface area contributed by atoms with Crippen molar-refractivity contribution in [2.24, 2.45) is 5.92 Å². The maximum Gasteiger partial charge on any atom is 0.325 e. The van der Waals surface area contributed by atoms with E-state index in [1.807, 2.05) is 13.2 Å². The monoisotopic (exact) mass is 319 g/mol. The Hall–Kier alpha value is -0.310. The lowest BCUT2D eigenvalue weighted by Gasteiger charge is -2.29. The number of aliphatic carboxylic acids is 1. The molecule has 19 heavy (non-hydrogen) atoms. The Morgan fingerprint density at radius 2 is 2.21 bits per heavy atom.